The van der Waals surface area contributed by atoms with Crippen molar-refractivity contribution in [3.05, 3.63) is 60.3 Å². The summed E-state index contributed by atoms with van der Waals surface area (Å²) in [7, 11) is 1.94. The molecule has 0 spiro atoms. The van der Waals surface area contributed by atoms with Gasteiger partial charge < -0.3 is 4.57 Å². The molecule has 108 valence electrons. The molecule has 22 heavy (non-hydrogen) atoms. The third-order valence-corrected chi connectivity index (χ3v) is 4.61. The van der Waals surface area contributed by atoms with Gasteiger partial charge in [-0.1, -0.05) is 35.6 Å². The van der Waals surface area contributed by atoms with E-state index in [-0.39, 0.29) is 5.91 Å². The number of fused-ring (bicyclic) bond motifs is 2. The first-order valence-corrected chi connectivity index (χ1v) is 7.75. The predicted molar refractivity (Wildman–Crippen MR) is 90.5 cm³/mol. The molecule has 0 bridgehead atoms. The monoisotopic (exact) mass is 307 g/mol. The van der Waals surface area contributed by atoms with E-state index in [1.165, 1.54) is 11.3 Å². The molecule has 2 aromatic carbocycles. The number of benzene rings is 2. The third kappa shape index (κ3) is 2.07. The number of nitrogens with one attached hydrogen (secondary N) is 1. The Bertz CT molecular complexity index is 966. The van der Waals surface area contributed by atoms with Crippen molar-refractivity contribution in [2.45, 2.75) is 0 Å². The van der Waals surface area contributed by atoms with Gasteiger partial charge in [-0.3, -0.25) is 10.1 Å². The number of thiazole rings is 1. The van der Waals surface area contributed by atoms with Crippen LogP contribution in [-0.2, 0) is 7.05 Å². The first-order chi connectivity index (χ1) is 10.7. The highest BCUT2D eigenvalue weighted by molar-refractivity contribution is 7.22. The molecule has 0 aliphatic carbocycles. The van der Waals surface area contributed by atoms with Crippen LogP contribution in [0.5, 0.6) is 0 Å². The molecule has 0 saturated carbocycles. The lowest BCUT2D eigenvalue weighted by atomic mass is 10.1. The van der Waals surface area contributed by atoms with Gasteiger partial charge in [0.2, 0.25) is 0 Å². The summed E-state index contributed by atoms with van der Waals surface area (Å²) in [4.78, 5) is 17.0. The Morgan fingerprint density at radius 1 is 1.14 bits per heavy atom. The maximum absolute atomic E-state index is 12.6. The van der Waals surface area contributed by atoms with E-state index >= 15 is 0 Å². The van der Waals surface area contributed by atoms with Gasteiger partial charge in [-0.05, 0) is 24.3 Å². The number of rotatable bonds is 2. The van der Waals surface area contributed by atoms with Gasteiger partial charge in [0.05, 0.1) is 21.3 Å². The maximum atomic E-state index is 12.6. The summed E-state index contributed by atoms with van der Waals surface area (Å²) in [5, 5.41) is 4.59. The largest absolute Gasteiger partial charge is 0.350 e. The molecule has 1 amide bonds. The van der Waals surface area contributed by atoms with Crippen LogP contribution in [0.25, 0.3) is 21.1 Å². The second-order valence-electron chi connectivity index (χ2n) is 5.11. The van der Waals surface area contributed by atoms with Crippen LogP contribution in [0.1, 0.15) is 10.4 Å². The predicted octanol–water partition coefficient (Wildman–Crippen LogP) is 4.04. The Morgan fingerprint density at radius 2 is 2.00 bits per heavy atom. The molecule has 4 rings (SSSR count). The number of para-hydroxylation sites is 2. The lowest BCUT2D eigenvalue weighted by molar-refractivity contribution is 0.102. The van der Waals surface area contributed by atoms with E-state index in [0.29, 0.717) is 10.7 Å². The number of amides is 1. The normalized spacial score (nSPS) is 11.1. The van der Waals surface area contributed by atoms with Crippen LogP contribution in [0, 0.1) is 0 Å². The lowest BCUT2D eigenvalue weighted by Gasteiger charge is -2.05. The third-order valence-electron chi connectivity index (χ3n) is 3.66. The molecular formula is C17H13N3OS. The van der Waals surface area contributed by atoms with Crippen LogP contribution in [0.3, 0.4) is 0 Å². The van der Waals surface area contributed by atoms with E-state index in [0.717, 1.165) is 21.1 Å². The second-order valence-corrected chi connectivity index (χ2v) is 6.14. The van der Waals surface area contributed by atoms with E-state index in [1.54, 1.807) is 0 Å². The highest BCUT2D eigenvalue weighted by atomic mass is 32.1. The minimum absolute atomic E-state index is 0.133. The second kappa shape index (κ2) is 4.96. The average molecular weight is 307 g/mol. The number of aromatic nitrogens is 2. The first kappa shape index (κ1) is 13.0. The lowest BCUT2D eigenvalue weighted by Crippen LogP contribution is -2.13. The Labute approximate surface area is 131 Å². The van der Waals surface area contributed by atoms with E-state index in [9.17, 15) is 4.79 Å². The molecule has 0 aliphatic heterocycles. The van der Waals surface area contributed by atoms with Crippen LogP contribution in [0.2, 0.25) is 0 Å². The van der Waals surface area contributed by atoms with Crippen molar-refractivity contribution in [1.82, 2.24) is 9.55 Å². The van der Waals surface area contributed by atoms with Crippen LogP contribution in [-0.4, -0.2) is 15.5 Å². The SMILES string of the molecule is Cn1ccc2cccc(C(=O)Nc3nc4ccccc4s3)c21. The topological polar surface area (TPSA) is 46.9 Å². The van der Waals surface area contributed by atoms with Crippen molar-refractivity contribution in [3.63, 3.8) is 0 Å². The van der Waals surface area contributed by atoms with E-state index in [1.807, 2.05) is 66.3 Å². The molecular weight excluding hydrogens is 294 g/mol. The zero-order valence-corrected chi connectivity index (χ0v) is 12.7. The molecule has 0 fully saturated rings. The zero-order chi connectivity index (χ0) is 15.1. The summed E-state index contributed by atoms with van der Waals surface area (Å²) in [5.74, 6) is -0.133. The van der Waals surface area contributed by atoms with Crippen LogP contribution >= 0.6 is 11.3 Å². The molecule has 1 N–H and O–H groups in total. The fourth-order valence-electron chi connectivity index (χ4n) is 2.63. The Morgan fingerprint density at radius 3 is 2.86 bits per heavy atom. The number of carbonyl (C=O) groups is 1. The molecule has 4 nitrogen and oxygen atoms in total. The molecule has 2 heterocycles. The molecule has 0 aliphatic rings. The molecule has 2 aromatic heterocycles. The Balaban J connectivity index is 1.73. The summed E-state index contributed by atoms with van der Waals surface area (Å²) in [6, 6.07) is 15.6. The summed E-state index contributed by atoms with van der Waals surface area (Å²) < 4.78 is 3.03. The molecule has 5 heteroatoms. The van der Waals surface area contributed by atoms with Crippen LogP contribution in [0.15, 0.2) is 54.7 Å². The van der Waals surface area contributed by atoms with Crippen LogP contribution < -0.4 is 5.32 Å². The molecule has 0 atom stereocenters. The smallest absolute Gasteiger partial charge is 0.259 e. The molecule has 4 aromatic rings. The quantitative estimate of drug-likeness (QED) is 0.607. The summed E-state index contributed by atoms with van der Waals surface area (Å²) in [5.41, 5.74) is 2.49. The Hall–Kier alpha value is -2.66. The minimum atomic E-state index is -0.133. The van der Waals surface area contributed by atoms with Gasteiger partial charge in [0.15, 0.2) is 5.13 Å². The van der Waals surface area contributed by atoms with Crippen molar-refractivity contribution in [2.75, 3.05) is 5.32 Å². The fraction of sp³-hybridized carbons (Fsp3) is 0.0588. The van der Waals surface area contributed by atoms with Gasteiger partial charge in [-0.25, -0.2) is 4.98 Å². The number of nitrogens with zero attached hydrogens (tertiary/aromatic N) is 2. The van der Waals surface area contributed by atoms with Gasteiger partial charge in [-0.2, -0.15) is 0 Å². The van der Waals surface area contributed by atoms with E-state index < -0.39 is 0 Å². The molecule has 0 unspecified atom stereocenters. The number of carbonyl (C=O) groups excluding carboxylic acids is 1. The number of hydrogen-bond donors (Lipinski definition) is 1. The average Bonchev–Trinajstić information content (AvgIpc) is 3.10. The number of hydrogen-bond acceptors (Lipinski definition) is 3. The minimum Gasteiger partial charge on any atom is -0.350 e. The fourth-order valence-corrected chi connectivity index (χ4v) is 3.49. The van der Waals surface area contributed by atoms with Crippen molar-refractivity contribution in [2.24, 2.45) is 7.05 Å². The summed E-state index contributed by atoms with van der Waals surface area (Å²) in [6.07, 6.45) is 1.96. The summed E-state index contributed by atoms with van der Waals surface area (Å²) >= 11 is 1.48. The van der Waals surface area contributed by atoms with Gasteiger partial charge in [-0.15, -0.1) is 0 Å². The highest BCUT2D eigenvalue weighted by Crippen LogP contribution is 2.26. The molecule has 0 saturated heterocycles. The van der Waals surface area contributed by atoms with Crippen molar-refractivity contribution >= 4 is 43.5 Å². The molecule has 0 radical (unpaired) electrons. The Kier molecular flexibility index (Phi) is 2.94. The maximum Gasteiger partial charge on any atom is 0.259 e. The van der Waals surface area contributed by atoms with E-state index in [2.05, 4.69) is 10.3 Å². The van der Waals surface area contributed by atoms with Crippen molar-refractivity contribution in [3.8, 4) is 0 Å². The van der Waals surface area contributed by atoms with Gasteiger partial charge in [0.25, 0.3) is 5.91 Å². The zero-order valence-electron chi connectivity index (χ0n) is 11.9. The van der Waals surface area contributed by atoms with Gasteiger partial charge in [0.1, 0.15) is 0 Å². The van der Waals surface area contributed by atoms with Crippen molar-refractivity contribution < 1.29 is 4.79 Å². The van der Waals surface area contributed by atoms with Crippen LogP contribution in [0.4, 0.5) is 5.13 Å². The first-order valence-electron chi connectivity index (χ1n) is 6.93. The van der Waals surface area contributed by atoms with E-state index in [4.69, 9.17) is 0 Å². The number of aryl methyl sites for hydroxylation is 1. The summed E-state index contributed by atoms with van der Waals surface area (Å²) in [6.45, 7) is 0. The number of anilines is 1. The van der Waals surface area contributed by atoms with Gasteiger partial charge >= 0.3 is 0 Å². The standard InChI is InChI=1S/C17H13N3OS/c1-20-10-9-11-5-4-6-12(15(11)20)16(21)19-17-18-13-7-2-3-8-14(13)22-17/h2-10H,1H3,(H,18,19,21). The highest BCUT2D eigenvalue weighted by Gasteiger charge is 2.14. The van der Waals surface area contributed by atoms with Gasteiger partial charge in [0, 0.05) is 18.6 Å². The van der Waals surface area contributed by atoms with Crippen molar-refractivity contribution in [1.29, 1.82) is 0 Å².